The van der Waals surface area contributed by atoms with Gasteiger partial charge in [-0.05, 0) is 20.8 Å². The zero-order chi connectivity index (χ0) is 12.3. The Bertz CT molecular complexity index is 404. The molecule has 1 N–H and O–H groups in total. The molecule has 0 unspecified atom stereocenters. The molecule has 1 aromatic rings. The number of carbonyl (C=O) groups excluding carboxylic acids is 1. The first-order valence-corrected chi connectivity index (χ1v) is 4.97. The molecule has 0 aliphatic carbocycles. The Balaban J connectivity index is 2.73. The standard InChI is InChI=1S/C10H12ClFN2O2/c1-10(2,3)16-9(15)14-7-4-6(12)5-13-8(7)11/h4-5H,1-3H3,(H,14,15). The highest BCUT2D eigenvalue weighted by Gasteiger charge is 2.17. The van der Waals surface area contributed by atoms with Gasteiger partial charge < -0.3 is 4.74 Å². The van der Waals surface area contributed by atoms with Crippen LogP contribution in [0, 0.1) is 5.82 Å². The molecule has 16 heavy (non-hydrogen) atoms. The lowest BCUT2D eigenvalue weighted by Gasteiger charge is -2.19. The van der Waals surface area contributed by atoms with Crippen LogP contribution in [0.25, 0.3) is 0 Å². The van der Waals surface area contributed by atoms with Crippen LogP contribution < -0.4 is 5.32 Å². The molecule has 4 nitrogen and oxygen atoms in total. The summed E-state index contributed by atoms with van der Waals surface area (Å²) in [6, 6.07) is 1.07. The van der Waals surface area contributed by atoms with Gasteiger partial charge in [0, 0.05) is 6.07 Å². The van der Waals surface area contributed by atoms with Crippen molar-refractivity contribution >= 4 is 23.4 Å². The smallest absolute Gasteiger partial charge is 0.412 e. The van der Waals surface area contributed by atoms with Crippen molar-refractivity contribution in [2.75, 3.05) is 5.32 Å². The van der Waals surface area contributed by atoms with Gasteiger partial charge in [-0.15, -0.1) is 0 Å². The number of pyridine rings is 1. The zero-order valence-corrected chi connectivity index (χ0v) is 9.93. The van der Waals surface area contributed by atoms with E-state index in [0.29, 0.717) is 0 Å². The summed E-state index contributed by atoms with van der Waals surface area (Å²) in [5, 5.41) is 2.32. The van der Waals surface area contributed by atoms with Gasteiger partial charge in [0.2, 0.25) is 0 Å². The number of halogens is 2. The second-order valence-electron chi connectivity index (χ2n) is 4.12. The number of anilines is 1. The molecule has 1 aromatic heterocycles. The first-order valence-electron chi connectivity index (χ1n) is 4.59. The quantitative estimate of drug-likeness (QED) is 0.774. The third kappa shape index (κ3) is 4.02. The number of hydrogen-bond acceptors (Lipinski definition) is 3. The molecule has 1 amide bonds. The second-order valence-corrected chi connectivity index (χ2v) is 4.48. The Morgan fingerprint density at radius 1 is 1.56 bits per heavy atom. The maximum Gasteiger partial charge on any atom is 0.412 e. The molecule has 6 heteroatoms. The van der Waals surface area contributed by atoms with Crippen molar-refractivity contribution in [3.8, 4) is 0 Å². The highest BCUT2D eigenvalue weighted by Crippen LogP contribution is 2.20. The van der Waals surface area contributed by atoms with Crippen molar-refractivity contribution in [2.45, 2.75) is 26.4 Å². The number of ether oxygens (including phenoxy) is 1. The summed E-state index contributed by atoms with van der Waals surface area (Å²) >= 11 is 5.66. The fraction of sp³-hybridized carbons (Fsp3) is 0.400. The molecule has 0 fully saturated rings. The van der Waals surface area contributed by atoms with E-state index in [0.717, 1.165) is 12.3 Å². The van der Waals surface area contributed by atoms with E-state index >= 15 is 0 Å². The van der Waals surface area contributed by atoms with Gasteiger partial charge >= 0.3 is 6.09 Å². The minimum Gasteiger partial charge on any atom is -0.444 e. The van der Waals surface area contributed by atoms with Crippen LogP contribution in [0.2, 0.25) is 5.15 Å². The lowest BCUT2D eigenvalue weighted by Crippen LogP contribution is -2.27. The first-order chi connectivity index (χ1) is 7.28. The average Bonchev–Trinajstić information content (AvgIpc) is 2.08. The largest absolute Gasteiger partial charge is 0.444 e. The van der Waals surface area contributed by atoms with Gasteiger partial charge in [0.05, 0.1) is 11.9 Å². The van der Waals surface area contributed by atoms with Gasteiger partial charge in [-0.25, -0.2) is 14.2 Å². The van der Waals surface area contributed by atoms with Crippen LogP contribution in [0.15, 0.2) is 12.3 Å². The maximum absolute atomic E-state index is 12.8. The first kappa shape index (κ1) is 12.7. The SMILES string of the molecule is CC(C)(C)OC(=O)Nc1cc(F)cnc1Cl. The van der Waals surface area contributed by atoms with E-state index < -0.39 is 17.5 Å². The van der Waals surface area contributed by atoms with Crippen LogP contribution in [-0.2, 0) is 4.74 Å². The van der Waals surface area contributed by atoms with Crippen molar-refractivity contribution < 1.29 is 13.9 Å². The van der Waals surface area contributed by atoms with Gasteiger partial charge in [-0.3, -0.25) is 5.32 Å². The van der Waals surface area contributed by atoms with Crippen molar-refractivity contribution in [3.63, 3.8) is 0 Å². The number of nitrogens with one attached hydrogen (secondary N) is 1. The van der Waals surface area contributed by atoms with E-state index in [4.69, 9.17) is 16.3 Å². The molecular weight excluding hydrogens is 235 g/mol. The molecule has 0 aliphatic rings. The van der Waals surface area contributed by atoms with E-state index in [1.165, 1.54) is 0 Å². The Hall–Kier alpha value is -1.36. The molecular formula is C10H12ClFN2O2. The highest BCUT2D eigenvalue weighted by molar-refractivity contribution is 6.32. The van der Waals surface area contributed by atoms with Gasteiger partial charge in [-0.2, -0.15) is 0 Å². The van der Waals surface area contributed by atoms with Crippen LogP contribution in [0.5, 0.6) is 0 Å². The van der Waals surface area contributed by atoms with E-state index in [1.807, 2.05) is 0 Å². The monoisotopic (exact) mass is 246 g/mol. The molecule has 0 spiro atoms. The normalized spacial score (nSPS) is 11.1. The predicted octanol–water partition coefficient (Wildman–Crippen LogP) is 3.22. The predicted molar refractivity (Wildman–Crippen MR) is 59.1 cm³/mol. The van der Waals surface area contributed by atoms with Crippen LogP contribution in [-0.4, -0.2) is 16.7 Å². The molecule has 0 atom stereocenters. The minimum absolute atomic E-state index is 0.00672. The van der Waals surface area contributed by atoms with Crippen molar-refractivity contribution in [1.29, 1.82) is 0 Å². The lowest BCUT2D eigenvalue weighted by molar-refractivity contribution is 0.0636. The van der Waals surface area contributed by atoms with Gasteiger partial charge in [0.1, 0.15) is 11.4 Å². The fourth-order valence-corrected chi connectivity index (χ4v) is 1.07. The maximum atomic E-state index is 12.8. The van der Waals surface area contributed by atoms with E-state index in [2.05, 4.69) is 10.3 Å². The van der Waals surface area contributed by atoms with Crippen molar-refractivity contribution in [1.82, 2.24) is 4.98 Å². The Morgan fingerprint density at radius 3 is 2.75 bits per heavy atom. The van der Waals surface area contributed by atoms with Crippen molar-refractivity contribution in [3.05, 3.63) is 23.2 Å². The van der Waals surface area contributed by atoms with Crippen LogP contribution in [0.1, 0.15) is 20.8 Å². The van der Waals surface area contributed by atoms with Gasteiger partial charge in [-0.1, -0.05) is 11.6 Å². The van der Waals surface area contributed by atoms with Gasteiger partial charge in [0.25, 0.3) is 0 Å². The molecule has 88 valence electrons. The number of carbonyl (C=O) groups is 1. The summed E-state index contributed by atoms with van der Waals surface area (Å²) in [5.41, 5.74) is -0.548. The van der Waals surface area contributed by atoms with Crippen LogP contribution in [0.3, 0.4) is 0 Å². The molecule has 0 saturated carbocycles. The Labute approximate surface area is 97.8 Å². The second kappa shape index (κ2) is 4.65. The third-order valence-corrected chi connectivity index (χ3v) is 1.74. The highest BCUT2D eigenvalue weighted by atomic mass is 35.5. The Kier molecular flexibility index (Phi) is 3.70. The summed E-state index contributed by atoms with van der Waals surface area (Å²) in [7, 11) is 0. The number of aromatic nitrogens is 1. The zero-order valence-electron chi connectivity index (χ0n) is 9.17. The molecule has 0 aliphatic heterocycles. The van der Waals surface area contributed by atoms with Gasteiger partial charge in [0.15, 0.2) is 5.15 Å². The topological polar surface area (TPSA) is 51.2 Å². The Morgan fingerprint density at radius 2 is 2.19 bits per heavy atom. The summed E-state index contributed by atoms with van der Waals surface area (Å²) in [6.45, 7) is 5.16. The average molecular weight is 247 g/mol. The fourth-order valence-electron chi connectivity index (χ4n) is 0.924. The summed E-state index contributed by atoms with van der Waals surface area (Å²) in [5.74, 6) is -0.588. The molecule has 0 aromatic carbocycles. The number of rotatable bonds is 1. The summed E-state index contributed by atoms with van der Waals surface area (Å²) < 4.78 is 17.8. The van der Waals surface area contributed by atoms with Crippen molar-refractivity contribution in [2.24, 2.45) is 0 Å². The number of nitrogens with zero attached hydrogens (tertiary/aromatic N) is 1. The summed E-state index contributed by atoms with van der Waals surface area (Å²) in [4.78, 5) is 14.9. The lowest BCUT2D eigenvalue weighted by atomic mass is 10.2. The third-order valence-electron chi connectivity index (χ3n) is 1.44. The van der Waals surface area contributed by atoms with Crippen LogP contribution in [0.4, 0.5) is 14.9 Å². The molecule has 1 heterocycles. The number of amides is 1. The molecule has 0 radical (unpaired) electrons. The molecule has 0 saturated heterocycles. The minimum atomic E-state index is -0.707. The van der Waals surface area contributed by atoms with E-state index in [-0.39, 0.29) is 10.8 Å². The van der Waals surface area contributed by atoms with Crippen LogP contribution >= 0.6 is 11.6 Å². The number of hydrogen-bond donors (Lipinski definition) is 1. The molecule has 0 bridgehead atoms. The molecule has 1 rings (SSSR count). The van der Waals surface area contributed by atoms with E-state index in [1.54, 1.807) is 20.8 Å². The van der Waals surface area contributed by atoms with E-state index in [9.17, 15) is 9.18 Å². The summed E-state index contributed by atoms with van der Waals surface area (Å²) in [6.07, 6.45) is 0.254.